The van der Waals surface area contributed by atoms with Gasteiger partial charge in [-0.1, -0.05) is 33.1 Å². The van der Waals surface area contributed by atoms with Crippen LogP contribution in [0.2, 0.25) is 0 Å². The lowest BCUT2D eigenvalue weighted by molar-refractivity contribution is -0.118. The van der Waals surface area contributed by atoms with Crippen LogP contribution in [0.15, 0.2) is 0 Å². The van der Waals surface area contributed by atoms with Gasteiger partial charge in [-0.25, -0.2) is 8.42 Å². The van der Waals surface area contributed by atoms with Crippen molar-refractivity contribution in [2.75, 3.05) is 5.75 Å². The first-order chi connectivity index (χ1) is 8.83. The minimum absolute atomic E-state index is 0. The Hall–Kier alpha value is -0.910. The van der Waals surface area contributed by atoms with Crippen molar-refractivity contribution >= 4 is 21.7 Å². The third kappa shape index (κ3) is 17.1. The van der Waals surface area contributed by atoms with Gasteiger partial charge in [-0.2, -0.15) is 0 Å². The zero-order valence-corrected chi connectivity index (χ0v) is 13.3. The normalized spacial score (nSPS) is 10.3. The van der Waals surface area contributed by atoms with Gasteiger partial charge in [0.1, 0.15) is 5.78 Å². The van der Waals surface area contributed by atoms with E-state index >= 15 is 0 Å². The first-order valence-electron chi connectivity index (χ1n) is 6.84. The van der Waals surface area contributed by atoms with Crippen LogP contribution in [0.5, 0.6) is 0 Å². The van der Waals surface area contributed by atoms with Crippen LogP contribution in [0.3, 0.4) is 0 Å². The molecular formula is C13H29NO4S. The van der Waals surface area contributed by atoms with Crippen LogP contribution in [0.1, 0.15) is 67.6 Å². The topological polar surface area (TPSA) is 80.3 Å². The Morgan fingerprint density at radius 2 is 1.42 bits per heavy atom. The lowest BCUT2D eigenvalue weighted by Gasteiger charge is -2.04. The Bertz CT molecular complexity index is 355. The van der Waals surface area contributed by atoms with Crippen molar-refractivity contribution in [3.63, 3.8) is 0 Å². The molecule has 1 N–H and O–H groups in total. The highest BCUT2D eigenvalue weighted by atomic mass is 32.2. The highest BCUT2D eigenvalue weighted by Crippen LogP contribution is 2.06. The van der Waals surface area contributed by atoms with E-state index < -0.39 is 15.9 Å². The number of Topliss-reactive ketones (excluding diaryl/α,β-unsaturated/α-hetero) is 1. The molecule has 0 atom stereocenters. The standard InChI is InChI=1S/C11H21NO4S.C2H6.H2/c1-10(13)8-6-4-3-5-7-9-17(15,16)12-11(2)14;1-2;/h3-9H2,1-2H3,(H,12,14);1-2H3;1H. The summed E-state index contributed by atoms with van der Waals surface area (Å²) in [6.07, 6.45) is 4.68. The van der Waals surface area contributed by atoms with Gasteiger partial charge in [-0.3, -0.25) is 9.52 Å². The minimum atomic E-state index is -3.44. The zero-order chi connectivity index (χ0) is 15.3. The maximum Gasteiger partial charge on any atom is 0.234 e. The number of hydrogen-bond acceptors (Lipinski definition) is 4. The number of sulfonamides is 1. The third-order valence-corrected chi connectivity index (χ3v) is 3.67. The molecule has 0 bridgehead atoms. The van der Waals surface area contributed by atoms with Crippen molar-refractivity contribution in [3.05, 3.63) is 0 Å². The zero-order valence-electron chi connectivity index (χ0n) is 12.5. The van der Waals surface area contributed by atoms with Crippen LogP contribution in [-0.2, 0) is 19.6 Å². The molecule has 0 saturated carbocycles. The summed E-state index contributed by atoms with van der Waals surface area (Å²) in [6.45, 7) is 6.75. The van der Waals surface area contributed by atoms with Crippen molar-refractivity contribution in [1.29, 1.82) is 0 Å². The molecule has 0 unspecified atom stereocenters. The molecule has 0 aromatic carbocycles. The van der Waals surface area contributed by atoms with Gasteiger partial charge in [0.15, 0.2) is 0 Å². The maximum absolute atomic E-state index is 11.2. The summed E-state index contributed by atoms with van der Waals surface area (Å²) in [5.41, 5.74) is 0. The molecule has 0 spiro atoms. The molecule has 116 valence electrons. The van der Waals surface area contributed by atoms with Crippen LogP contribution in [0, 0.1) is 0 Å². The average Bonchev–Trinajstić information content (AvgIpc) is 2.28. The monoisotopic (exact) mass is 295 g/mol. The van der Waals surface area contributed by atoms with E-state index in [0.717, 1.165) is 25.7 Å². The molecule has 6 heteroatoms. The van der Waals surface area contributed by atoms with Gasteiger partial charge < -0.3 is 4.79 Å². The number of unbranched alkanes of at least 4 members (excludes halogenated alkanes) is 4. The second kappa shape index (κ2) is 12.1. The third-order valence-electron chi connectivity index (χ3n) is 2.24. The average molecular weight is 295 g/mol. The predicted octanol–water partition coefficient (Wildman–Crippen LogP) is 2.65. The predicted molar refractivity (Wildman–Crippen MR) is 79.4 cm³/mol. The smallest absolute Gasteiger partial charge is 0.234 e. The fourth-order valence-corrected chi connectivity index (χ4v) is 2.59. The van der Waals surface area contributed by atoms with E-state index in [2.05, 4.69) is 0 Å². The number of carbonyl (C=O) groups excluding carboxylic acids is 2. The van der Waals surface area contributed by atoms with Crippen molar-refractivity contribution in [2.45, 2.75) is 66.2 Å². The van der Waals surface area contributed by atoms with Crippen LogP contribution >= 0.6 is 0 Å². The Kier molecular flexibility index (Phi) is 13.0. The van der Waals surface area contributed by atoms with Crippen LogP contribution in [0.25, 0.3) is 0 Å². The summed E-state index contributed by atoms with van der Waals surface area (Å²) < 4.78 is 24.4. The molecule has 19 heavy (non-hydrogen) atoms. The van der Waals surface area contributed by atoms with E-state index in [-0.39, 0.29) is 13.0 Å². The second-order valence-electron chi connectivity index (χ2n) is 4.20. The molecule has 0 aliphatic heterocycles. The molecule has 0 saturated heterocycles. The molecule has 0 heterocycles. The van der Waals surface area contributed by atoms with Gasteiger partial charge in [-0.15, -0.1) is 0 Å². The Morgan fingerprint density at radius 1 is 0.947 bits per heavy atom. The van der Waals surface area contributed by atoms with E-state index in [9.17, 15) is 18.0 Å². The first-order valence-corrected chi connectivity index (χ1v) is 8.49. The highest BCUT2D eigenvalue weighted by Gasteiger charge is 2.10. The first kappa shape index (κ1) is 20.4. The quantitative estimate of drug-likeness (QED) is 0.663. The molecule has 0 aromatic rings. The molecular weight excluding hydrogens is 266 g/mol. The summed E-state index contributed by atoms with van der Waals surface area (Å²) in [5, 5.41) is 0. The van der Waals surface area contributed by atoms with Gasteiger partial charge in [0, 0.05) is 14.8 Å². The Balaban J connectivity index is -0.000000916. The molecule has 0 fully saturated rings. The Morgan fingerprint density at radius 3 is 1.89 bits per heavy atom. The van der Waals surface area contributed by atoms with Crippen molar-refractivity contribution < 1.29 is 19.4 Å². The molecule has 1 amide bonds. The second-order valence-corrected chi connectivity index (χ2v) is 6.04. The summed E-state index contributed by atoms with van der Waals surface area (Å²) in [4.78, 5) is 21.2. The van der Waals surface area contributed by atoms with Gasteiger partial charge >= 0.3 is 0 Å². The Labute approximate surface area is 118 Å². The molecule has 0 aliphatic rings. The van der Waals surface area contributed by atoms with Crippen LogP contribution in [-0.4, -0.2) is 25.9 Å². The summed E-state index contributed by atoms with van der Waals surface area (Å²) in [6, 6.07) is 0. The number of amides is 1. The molecule has 0 rings (SSSR count). The van der Waals surface area contributed by atoms with E-state index in [1.54, 1.807) is 6.92 Å². The molecule has 0 aliphatic carbocycles. The fraction of sp³-hybridized carbons (Fsp3) is 0.846. The number of rotatable bonds is 9. The molecule has 0 aromatic heterocycles. The van der Waals surface area contributed by atoms with E-state index in [1.165, 1.54) is 6.92 Å². The van der Waals surface area contributed by atoms with Crippen LogP contribution in [0.4, 0.5) is 0 Å². The van der Waals surface area contributed by atoms with Crippen molar-refractivity contribution in [3.8, 4) is 0 Å². The van der Waals surface area contributed by atoms with Gasteiger partial charge in [-0.05, 0) is 19.8 Å². The number of hydrogen-bond donors (Lipinski definition) is 1. The van der Waals surface area contributed by atoms with Crippen LogP contribution < -0.4 is 4.72 Å². The van der Waals surface area contributed by atoms with Gasteiger partial charge in [0.05, 0.1) is 5.75 Å². The minimum Gasteiger partial charge on any atom is -0.300 e. The van der Waals surface area contributed by atoms with Gasteiger partial charge in [0.2, 0.25) is 15.9 Å². The lowest BCUT2D eigenvalue weighted by Crippen LogP contribution is -2.30. The lowest BCUT2D eigenvalue weighted by atomic mass is 10.1. The van der Waals surface area contributed by atoms with E-state index in [0.29, 0.717) is 12.8 Å². The summed E-state index contributed by atoms with van der Waals surface area (Å²) >= 11 is 0. The van der Waals surface area contributed by atoms with Gasteiger partial charge in [0.25, 0.3) is 0 Å². The maximum atomic E-state index is 11.2. The number of carbonyl (C=O) groups is 2. The molecule has 5 nitrogen and oxygen atoms in total. The van der Waals surface area contributed by atoms with Crippen molar-refractivity contribution in [1.82, 2.24) is 4.72 Å². The number of nitrogens with one attached hydrogen (secondary N) is 1. The fourth-order valence-electron chi connectivity index (χ4n) is 1.47. The SMILES string of the molecule is CC.CC(=O)CCCCCCCS(=O)(=O)NC(C)=O.[HH]. The number of ketones is 1. The van der Waals surface area contributed by atoms with E-state index in [4.69, 9.17) is 0 Å². The van der Waals surface area contributed by atoms with E-state index in [1.807, 2.05) is 18.6 Å². The largest absolute Gasteiger partial charge is 0.300 e. The highest BCUT2D eigenvalue weighted by molar-refractivity contribution is 7.90. The summed E-state index contributed by atoms with van der Waals surface area (Å²) in [7, 11) is -3.44. The van der Waals surface area contributed by atoms with Crippen molar-refractivity contribution in [2.24, 2.45) is 0 Å². The molecule has 0 radical (unpaired) electrons. The summed E-state index contributed by atoms with van der Waals surface area (Å²) in [5.74, 6) is -0.371.